The number of rotatable bonds is 1. The minimum Gasteiger partial charge on any atom is -0.236 e. The van der Waals surface area contributed by atoms with Crippen LogP contribution in [0, 0.1) is 0 Å². The summed E-state index contributed by atoms with van der Waals surface area (Å²) < 4.78 is 0. The average molecular weight is 260 g/mol. The van der Waals surface area contributed by atoms with Crippen LogP contribution in [0.3, 0.4) is 0 Å². The number of halogens is 3. The van der Waals surface area contributed by atoms with E-state index in [4.69, 9.17) is 34.8 Å². The first-order valence-corrected chi connectivity index (χ1v) is 5.24. The first kappa shape index (κ1) is 10.7. The van der Waals surface area contributed by atoms with Crippen LogP contribution in [0.4, 0.5) is 0 Å². The molecule has 1 aromatic heterocycles. The van der Waals surface area contributed by atoms with Crippen LogP contribution in [0.5, 0.6) is 0 Å². The molecule has 0 N–H and O–H groups in total. The molecule has 2 aromatic rings. The molecule has 76 valence electrons. The first-order valence-electron chi connectivity index (χ1n) is 4.11. The molecule has 0 bridgehead atoms. The highest BCUT2D eigenvalue weighted by atomic mass is 35.5. The Kier molecular flexibility index (Phi) is 3.10. The molecule has 2 nitrogen and oxygen atoms in total. The van der Waals surface area contributed by atoms with Crippen LogP contribution < -0.4 is 0 Å². The van der Waals surface area contributed by atoms with Gasteiger partial charge in [-0.05, 0) is 24.3 Å². The van der Waals surface area contributed by atoms with Crippen molar-refractivity contribution in [2.24, 2.45) is 0 Å². The van der Waals surface area contributed by atoms with E-state index >= 15 is 0 Å². The van der Waals surface area contributed by atoms with Gasteiger partial charge in [-0.2, -0.15) is 0 Å². The van der Waals surface area contributed by atoms with Gasteiger partial charge in [-0.25, -0.2) is 9.97 Å². The van der Waals surface area contributed by atoms with Crippen molar-refractivity contribution >= 4 is 34.8 Å². The van der Waals surface area contributed by atoms with Gasteiger partial charge in [-0.3, -0.25) is 0 Å². The van der Waals surface area contributed by atoms with E-state index in [-0.39, 0.29) is 0 Å². The monoisotopic (exact) mass is 258 g/mol. The fraction of sp³-hybridized carbons (Fsp3) is 0. The molecule has 0 aliphatic rings. The van der Waals surface area contributed by atoms with Gasteiger partial charge < -0.3 is 0 Å². The van der Waals surface area contributed by atoms with Crippen molar-refractivity contribution in [3.8, 4) is 11.4 Å². The van der Waals surface area contributed by atoms with Crippen LogP contribution in [0.15, 0.2) is 30.5 Å². The van der Waals surface area contributed by atoms with Crippen LogP contribution in [-0.4, -0.2) is 9.97 Å². The van der Waals surface area contributed by atoms with Gasteiger partial charge in [-0.1, -0.05) is 34.8 Å². The van der Waals surface area contributed by atoms with Crippen molar-refractivity contribution in [2.45, 2.75) is 0 Å². The molecule has 0 aliphatic heterocycles. The van der Waals surface area contributed by atoms with Crippen LogP contribution in [0.25, 0.3) is 11.4 Å². The summed E-state index contributed by atoms with van der Waals surface area (Å²) in [6, 6.07) is 6.74. The van der Waals surface area contributed by atoms with Gasteiger partial charge in [0, 0.05) is 16.8 Å². The standard InChI is InChI=1S/C10H5Cl3N2/c11-6-1-2-7(8(12)5-6)10-14-4-3-9(13)15-10/h1-5H. The normalized spacial score (nSPS) is 10.3. The molecule has 1 aromatic carbocycles. The van der Waals surface area contributed by atoms with Crippen molar-refractivity contribution in [1.29, 1.82) is 0 Å². The summed E-state index contributed by atoms with van der Waals surface area (Å²) in [5.41, 5.74) is 0.712. The summed E-state index contributed by atoms with van der Waals surface area (Å²) in [5.74, 6) is 0.490. The quantitative estimate of drug-likeness (QED) is 0.721. The topological polar surface area (TPSA) is 25.8 Å². The second-order valence-corrected chi connectivity index (χ2v) is 4.06. The van der Waals surface area contributed by atoms with Crippen molar-refractivity contribution in [1.82, 2.24) is 9.97 Å². The van der Waals surface area contributed by atoms with Gasteiger partial charge in [0.2, 0.25) is 0 Å². The minimum absolute atomic E-state index is 0.381. The summed E-state index contributed by atoms with van der Waals surface area (Å²) in [7, 11) is 0. The number of benzene rings is 1. The Morgan fingerprint density at radius 3 is 2.47 bits per heavy atom. The van der Waals surface area contributed by atoms with E-state index in [1.165, 1.54) is 0 Å². The van der Waals surface area contributed by atoms with Crippen molar-refractivity contribution in [3.05, 3.63) is 45.7 Å². The molecule has 0 amide bonds. The van der Waals surface area contributed by atoms with Gasteiger partial charge in [-0.15, -0.1) is 0 Å². The van der Waals surface area contributed by atoms with Gasteiger partial charge in [0.15, 0.2) is 5.82 Å². The maximum absolute atomic E-state index is 6.01. The Balaban J connectivity index is 2.54. The highest BCUT2D eigenvalue weighted by Gasteiger charge is 2.06. The van der Waals surface area contributed by atoms with E-state index in [1.807, 2.05) is 0 Å². The van der Waals surface area contributed by atoms with E-state index in [0.29, 0.717) is 26.6 Å². The Bertz CT molecular complexity index is 500. The van der Waals surface area contributed by atoms with E-state index in [9.17, 15) is 0 Å². The molecule has 0 saturated heterocycles. The summed E-state index contributed by atoms with van der Waals surface area (Å²) in [5, 5.41) is 1.46. The minimum atomic E-state index is 0.381. The maximum atomic E-state index is 6.01. The van der Waals surface area contributed by atoms with E-state index in [1.54, 1.807) is 30.5 Å². The molecule has 15 heavy (non-hydrogen) atoms. The number of hydrogen-bond acceptors (Lipinski definition) is 2. The van der Waals surface area contributed by atoms with Crippen LogP contribution in [-0.2, 0) is 0 Å². The van der Waals surface area contributed by atoms with Crippen LogP contribution in [0.2, 0.25) is 15.2 Å². The summed E-state index contributed by atoms with van der Waals surface area (Å²) in [6.07, 6.45) is 1.58. The van der Waals surface area contributed by atoms with Crippen LogP contribution in [0.1, 0.15) is 0 Å². The molecular weight excluding hydrogens is 254 g/mol. The number of aromatic nitrogens is 2. The molecule has 0 atom stereocenters. The van der Waals surface area contributed by atoms with E-state index in [0.717, 1.165) is 0 Å². The Hall–Kier alpha value is -0.830. The van der Waals surface area contributed by atoms with E-state index in [2.05, 4.69) is 9.97 Å². The zero-order chi connectivity index (χ0) is 10.8. The molecule has 0 saturated carbocycles. The fourth-order valence-corrected chi connectivity index (χ4v) is 1.77. The lowest BCUT2D eigenvalue weighted by atomic mass is 10.2. The molecule has 0 spiro atoms. The van der Waals surface area contributed by atoms with Gasteiger partial charge in [0.1, 0.15) is 5.15 Å². The van der Waals surface area contributed by atoms with Crippen molar-refractivity contribution < 1.29 is 0 Å². The Labute approximate surface area is 102 Å². The van der Waals surface area contributed by atoms with Crippen molar-refractivity contribution in [3.63, 3.8) is 0 Å². The van der Waals surface area contributed by atoms with Crippen molar-refractivity contribution in [2.75, 3.05) is 0 Å². The third-order valence-electron chi connectivity index (χ3n) is 1.79. The lowest BCUT2D eigenvalue weighted by Crippen LogP contribution is -1.89. The second kappa shape index (κ2) is 4.35. The lowest BCUT2D eigenvalue weighted by Gasteiger charge is -2.02. The number of hydrogen-bond donors (Lipinski definition) is 0. The molecule has 0 radical (unpaired) electrons. The zero-order valence-electron chi connectivity index (χ0n) is 7.42. The van der Waals surface area contributed by atoms with Gasteiger partial charge >= 0.3 is 0 Å². The SMILES string of the molecule is Clc1ccc(-c2nccc(Cl)n2)c(Cl)c1. The summed E-state index contributed by atoms with van der Waals surface area (Å²) in [4.78, 5) is 8.14. The molecular formula is C10H5Cl3N2. The lowest BCUT2D eigenvalue weighted by molar-refractivity contribution is 1.18. The third kappa shape index (κ3) is 2.40. The highest BCUT2D eigenvalue weighted by Crippen LogP contribution is 2.28. The predicted molar refractivity (Wildman–Crippen MR) is 62.5 cm³/mol. The molecule has 1 heterocycles. The zero-order valence-corrected chi connectivity index (χ0v) is 9.68. The second-order valence-electron chi connectivity index (χ2n) is 2.83. The summed E-state index contributed by atoms with van der Waals surface area (Å²) >= 11 is 17.6. The largest absolute Gasteiger partial charge is 0.236 e. The fourth-order valence-electron chi connectivity index (χ4n) is 1.14. The molecule has 0 fully saturated rings. The average Bonchev–Trinajstić information content (AvgIpc) is 2.17. The molecule has 2 rings (SSSR count). The highest BCUT2D eigenvalue weighted by molar-refractivity contribution is 6.36. The molecule has 0 unspecified atom stereocenters. The van der Waals surface area contributed by atoms with E-state index < -0.39 is 0 Å². The molecule has 5 heteroatoms. The molecule has 0 aliphatic carbocycles. The Morgan fingerprint density at radius 2 is 1.80 bits per heavy atom. The first-order chi connectivity index (χ1) is 7.16. The van der Waals surface area contributed by atoms with Crippen LogP contribution >= 0.6 is 34.8 Å². The summed E-state index contributed by atoms with van der Waals surface area (Å²) in [6.45, 7) is 0. The predicted octanol–water partition coefficient (Wildman–Crippen LogP) is 4.10. The number of nitrogens with zero attached hydrogens (tertiary/aromatic N) is 2. The van der Waals surface area contributed by atoms with Gasteiger partial charge in [0.05, 0.1) is 5.02 Å². The third-order valence-corrected chi connectivity index (χ3v) is 2.55. The van der Waals surface area contributed by atoms with Gasteiger partial charge in [0.25, 0.3) is 0 Å². The Morgan fingerprint density at radius 1 is 1.00 bits per heavy atom. The smallest absolute Gasteiger partial charge is 0.162 e. The maximum Gasteiger partial charge on any atom is 0.162 e.